The number of aromatic hydroxyl groups is 1. The molecule has 1 heterocycles. The summed E-state index contributed by atoms with van der Waals surface area (Å²) in [7, 11) is 0. The Kier molecular flexibility index (Phi) is 4.06. The van der Waals surface area contributed by atoms with Gasteiger partial charge in [0.25, 0.3) is 5.91 Å². The summed E-state index contributed by atoms with van der Waals surface area (Å²) in [6, 6.07) is 5.99. The van der Waals surface area contributed by atoms with Crippen molar-refractivity contribution in [2.75, 3.05) is 5.32 Å². The van der Waals surface area contributed by atoms with Crippen LogP contribution in [0.15, 0.2) is 24.3 Å². The molecule has 1 aromatic heterocycles. The smallest absolute Gasteiger partial charge is 0.258 e. The number of nitrogens with zero attached hydrogens (tertiary/aromatic N) is 1. The zero-order chi connectivity index (χ0) is 13.8. The molecular formula is C13H14ClN3O2. The van der Waals surface area contributed by atoms with Gasteiger partial charge >= 0.3 is 0 Å². The van der Waals surface area contributed by atoms with Crippen LogP contribution in [-0.4, -0.2) is 21.2 Å². The van der Waals surface area contributed by atoms with E-state index in [-0.39, 0.29) is 16.3 Å². The molecule has 0 spiro atoms. The molecule has 0 aliphatic rings. The van der Waals surface area contributed by atoms with E-state index in [1.807, 2.05) is 0 Å². The van der Waals surface area contributed by atoms with E-state index < -0.39 is 5.91 Å². The number of rotatable bonds is 4. The van der Waals surface area contributed by atoms with E-state index >= 15 is 0 Å². The van der Waals surface area contributed by atoms with E-state index in [1.54, 1.807) is 6.07 Å². The molecule has 0 atom stereocenters. The number of carbonyl (C=O) groups is 1. The van der Waals surface area contributed by atoms with Crippen molar-refractivity contribution in [3.63, 3.8) is 0 Å². The van der Waals surface area contributed by atoms with E-state index in [1.165, 1.54) is 18.2 Å². The van der Waals surface area contributed by atoms with Crippen molar-refractivity contribution in [2.45, 2.75) is 19.8 Å². The Morgan fingerprint density at radius 1 is 1.47 bits per heavy atom. The number of hydrogen-bond donors (Lipinski definition) is 3. The maximum absolute atomic E-state index is 12.0. The highest BCUT2D eigenvalue weighted by molar-refractivity contribution is 6.34. The van der Waals surface area contributed by atoms with Gasteiger partial charge in [-0.05, 0) is 24.6 Å². The summed E-state index contributed by atoms with van der Waals surface area (Å²) in [5.41, 5.74) is 1.17. The molecule has 0 saturated carbocycles. The first-order valence-corrected chi connectivity index (χ1v) is 6.32. The molecule has 0 radical (unpaired) electrons. The van der Waals surface area contributed by atoms with Crippen LogP contribution in [0.2, 0.25) is 5.02 Å². The summed E-state index contributed by atoms with van der Waals surface area (Å²) >= 11 is 5.91. The average Bonchev–Trinajstić information content (AvgIpc) is 2.80. The topological polar surface area (TPSA) is 78.0 Å². The molecule has 100 valence electrons. The van der Waals surface area contributed by atoms with Crippen LogP contribution < -0.4 is 5.32 Å². The first kappa shape index (κ1) is 13.4. The number of aromatic amines is 1. The Balaban J connectivity index is 2.13. The second-order valence-corrected chi connectivity index (χ2v) is 4.55. The van der Waals surface area contributed by atoms with Gasteiger partial charge in [0.05, 0.1) is 10.6 Å². The quantitative estimate of drug-likeness (QED) is 0.805. The van der Waals surface area contributed by atoms with Crippen molar-refractivity contribution in [2.24, 2.45) is 0 Å². The number of aromatic nitrogens is 2. The van der Waals surface area contributed by atoms with Crippen LogP contribution in [0.4, 0.5) is 5.82 Å². The standard InChI is InChI=1S/C13H14ClN3O2/c1-2-3-8-6-12(17-16-8)15-13(19)10-7-9(18)4-5-11(10)14/h4-7,18H,2-3H2,1H3,(H2,15,16,17,19). The summed E-state index contributed by atoms with van der Waals surface area (Å²) in [6.07, 6.45) is 1.86. The number of phenolic OH excluding ortho intramolecular Hbond substituents is 1. The molecule has 5 nitrogen and oxygen atoms in total. The van der Waals surface area contributed by atoms with Crippen molar-refractivity contribution in [1.29, 1.82) is 0 Å². The minimum Gasteiger partial charge on any atom is -0.508 e. The number of carbonyl (C=O) groups excluding carboxylic acids is 1. The third-order valence-corrected chi connectivity index (χ3v) is 2.92. The Hall–Kier alpha value is -2.01. The van der Waals surface area contributed by atoms with E-state index in [9.17, 15) is 9.90 Å². The number of phenols is 1. The first-order chi connectivity index (χ1) is 9.10. The SMILES string of the molecule is CCCc1cc(NC(=O)c2cc(O)ccc2Cl)n[nH]1. The second-order valence-electron chi connectivity index (χ2n) is 4.15. The van der Waals surface area contributed by atoms with Crippen molar-refractivity contribution >= 4 is 23.3 Å². The third kappa shape index (κ3) is 3.26. The fourth-order valence-corrected chi connectivity index (χ4v) is 1.90. The second kappa shape index (κ2) is 5.75. The highest BCUT2D eigenvalue weighted by atomic mass is 35.5. The minimum atomic E-state index is -0.407. The van der Waals surface area contributed by atoms with Crippen LogP contribution in [0.25, 0.3) is 0 Å². The first-order valence-electron chi connectivity index (χ1n) is 5.94. The van der Waals surface area contributed by atoms with Crippen molar-refractivity contribution in [1.82, 2.24) is 10.2 Å². The zero-order valence-electron chi connectivity index (χ0n) is 10.4. The normalized spacial score (nSPS) is 10.4. The third-order valence-electron chi connectivity index (χ3n) is 2.59. The van der Waals surface area contributed by atoms with Crippen LogP contribution in [0.1, 0.15) is 29.4 Å². The number of nitrogens with one attached hydrogen (secondary N) is 2. The molecule has 0 aliphatic heterocycles. The molecule has 2 rings (SSSR count). The Morgan fingerprint density at radius 2 is 2.26 bits per heavy atom. The lowest BCUT2D eigenvalue weighted by atomic mass is 10.2. The predicted octanol–water partition coefficient (Wildman–Crippen LogP) is 2.97. The summed E-state index contributed by atoms with van der Waals surface area (Å²) in [5.74, 6) is 0.0200. The van der Waals surface area contributed by atoms with Crippen molar-refractivity contribution < 1.29 is 9.90 Å². The van der Waals surface area contributed by atoms with Gasteiger partial charge in [-0.25, -0.2) is 0 Å². The molecule has 6 heteroatoms. The Labute approximate surface area is 115 Å². The number of aryl methyl sites for hydroxylation is 1. The fourth-order valence-electron chi connectivity index (χ4n) is 1.69. The largest absolute Gasteiger partial charge is 0.508 e. The lowest BCUT2D eigenvalue weighted by Gasteiger charge is -2.04. The van der Waals surface area contributed by atoms with Crippen LogP contribution >= 0.6 is 11.6 Å². The summed E-state index contributed by atoms with van der Waals surface area (Å²) in [6.45, 7) is 2.06. The molecule has 19 heavy (non-hydrogen) atoms. The van der Waals surface area contributed by atoms with Crippen molar-refractivity contribution in [3.8, 4) is 5.75 Å². The molecule has 0 saturated heterocycles. The van der Waals surface area contributed by atoms with Gasteiger partial charge in [0.2, 0.25) is 0 Å². The van der Waals surface area contributed by atoms with E-state index in [2.05, 4.69) is 22.4 Å². The van der Waals surface area contributed by atoms with Gasteiger partial charge in [-0.1, -0.05) is 24.9 Å². The number of H-pyrrole nitrogens is 1. The molecule has 0 unspecified atom stereocenters. The molecule has 1 aromatic carbocycles. The lowest BCUT2D eigenvalue weighted by Crippen LogP contribution is -2.12. The molecular weight excluding hydrogens is 266 g/mol. The van der Waals surface area contributed by atoms with E-state index in [4.69, 9.17) is 11.6 Å². The molecule has 0 bridgehead atoms. The zero-order valence-corrected chi connectivity index (χ0v) is 11.2. The van der Waals surface area contributed by atoms with Gasteiger partial charge in [-0.15, -0.1) is 0 Å². The maximum atomic E-state index is 12.0. The summed E-state index contributed by atoms with van der Waals surface area (Å²) in [5, 5.41) is 19.1. The highest BCUT2D eigenvalue weighted by Crippen LogP contribution is 2.22. The van der Waals surface area contributed by atoms with Crippen LogP contribution in [0.5, 0.6) is 5.75 Å². The number of benzene rings is 1. The maximum Gasteiger partial charge on any atom is 0.258 e. The molecule has 0 aliphatic carbocycles. The fraction of sp³-hybridized carbons (Fsp3) is 0.231. The molecule has 3 N–H and O–H groups in total. The van der Waals surface area contributed by atoms with Gasteiger partial charge < -0.3 is 10.4 Å². The van der Waals surface area contributed by atoms with Gasteiger partial charge in [0.1, 0.15) is 5.75 Å². The van der Waals surface area contributed by atoms with Gasteiger partial charge in [0, 0.05) is 11.8 Å². The van der Waals surface area contributed by atoms with Gasteiger partial charge in [0.15, 0.2) is 5.82 Å². The monoisotopic (exact) mass is 279 g/mol. The van der Waals surface area contributed by atoms with Crippen LogP contribution in [0.3, 0.4) is 0 Å². The molecule has 1 amide bonds. The molecule has 2 aromatic rings. The number of anilines is 1. The van der Waals surface area contributed by atoms with E-state index in [0.29, 0.717) is 5.82 Å². The summed E-state index contributed by atoms with van der Waals surface area (Å²) in [4.78, 5) is 12.0. The Morgan fingerprint density at radius 3 is 3.00 bits per heavy atom. The van der Waals surface area contributed by atoms with E-state index in [0.717, 1.165) is 18.5 Å². The predicted molar refractivity (Wildman–Crippen MR) is 73.7 cm³/mol. The number of amides is 1. The average molecular weight is 280 g/mol. The van der Waals surface area contributed by atoms with Crippen LogP contribution in [-0.2, 0) is 6.42 Å². The van der Waals surface area contributed by atoms with Gasteiger partial charge in [-0.3, -0.25) is 9.89 Å². The van der Waals surface area contributed by atoms with Crippen molar-refractivity contribution in [3.05, 3.63) is 40.5 Å². The van der Waals surface area contributed by atoms with Gasteiger partial charge in [-0.2, -0.15) is 5.10 Å². The highest BCUT2D eigenvalue weighted by Gasteiger charge is 2.13. The molecule has 0 fully saturated rings. The summed E-state index contributed by atoms with van der Waals surface area (Å²) < 4.78 is 0. The minimum absolute atomic E-state index is 0.0109. The number of hydrogen-bond acceptors (Lipinski definition) is 3. The Bertz CT molecular complexity index is 595. The number of halogens is 1. The lowest BCUT2D eigenvalue weighted by molar-refractivity contribution is 0.102. The van der Waals surface area contributed by atoms with Crippen LogP contribution in [0, 0.1) is 0 Å².